The Morgan fingerprint density at radius 1 is 0.722 bits per heavy atom. The summed E-state index contributed by atoms with van der Waals surface area (Å²) in [5.74, 6) is -0.0933. The van der Waals surface area contributed by atoms with Crippen molar-refractivity contribution < 1.29 is 9.59 Å². The quantitative estimate of drug-likeness (QED) is 0.142. The van der Waals surface area contributed by atoms with Crippen LogP contribution in [-0.4, -0.2) is 16.5 Å². The number of thiocarbonyl (C=S) groups is 1. The molecule has 1 N–H and O–H groups in total. The number of rotatable bonds is 8. The van der Waals surface area contributed by atoms with Crippen LogP contribution in [0.1, 0.15) is 36.8 Å². The van der Waals surface area contributed by atoms with Crippen LogP contribution >= 0.6 is 46.7 Å². The lowest BCUT2D eigenvalue weighted by molar-refractivity contribution is -0.115. The van der Waals surface area contributed by atoms with Crippen LogP contribution in [0.5, 0.6) is 0 Å². The number of aryl methyl sites for hydroxylation is 4. The summed E-state index contributed by atoms with van der Waals surface area (Å²) in [6.45, 7) is 0. The predicted molar refractivity (Wildman–Crippen MR) is 158 cm³/mol. The maximum absolute atomic E-state index is 11.6. The van der Waals surface area contributed by atoms with Crippen LogP contribution in [0, 0.1) is 0 Å². The molecule has 182 valence electrons. The molecule has 0 unspecified atom stereocenters. The van der Waals surface area contributed by atoms with Gasteiger partial charge in [0.25, 0.3) is 5.91 Å². The molecule has 1 fully saturated rings. The van der Waals surface area contributed by atoms with Gasteiger partial charge in [-0.15, -0.1) is 22.7 Å². The first-order valence-electron chi connectivity index (χ1n) is 11.5. The van der Waals surface area contributed by atoms with Gasteiger partial charge in [-0.2, -0.15) is 0 Å². The van der Waals surface area contributed by atoms with Gasteiger partial charge in [-0.25, -0.2) is 0 Å². The van der Waals surface area contributed by atoms with Gasteiger partial charge in [-0.1, -0.05) is 84.6 Å². The highest BCUT2D eigenvalue weighted by Gasteiger charge is 2.22. The second kappa shape index (κ2) is 13.5. The van der Waals surface area contributed by atoms with E-state index < -0.39 is 0 Å². The molecule has 0 atom stereocenters. The molecule has 36 heavy (non-hydrogen) atoms. The van der Waals surface area contributed by atoms with Gasteiger partial charge < -0.3 is 5.32 Å². The molecular formula is C29H25NO2S4. The van der Waals surface area contributed by atoms with Crippen LogP contribution in [0.4, 0.5) is 0 Å². The van der Waals surface area contributed by atoms with E-state index >= 15 is 0 Å². The zero-order valence-electron chi connectivity index (χ0n) is 19.5. The number of hydrogen-bond acceptors (Lipinski definition) is 6. The Labute approximate surface area is 229 Å². The van der Waals surface area contributed by atoms with Crippen molar-refractivity contribution in [2.45, 2.75) is 25.7 Å². The number of carbonyl (C=O) groups is 2. The third-order valence-electron chi connectivity index (χ3n) is 5.47. The summed E-state index contributed by atoms with van der Waals surface area (Å²) in [6.07, 6.45) is 6.92. The maximum atomic E-state index is 11.6. The Bertz CT molecular complexity index is 1340. The first kappa shape index (κ1) is 26.2. The van der Waals surface area contributed by atoms with E-state index in [4.69, 9.17) is 12.2 Å². The monoisotopic (exact) mass is 547 g/mol. The smallest absolute Gasteiger partial charge is 0.263 e. The van der Waals surface area contributed by atoms with E-state index in [1.54, 1.807) is 11.3 Å². The fourth-order valence-corrected chi connectivity index (χ4v) is 6.34. The van der Waals surface area contributed by atoms with Crippen molar-refractivity contribution in [3.05, 3.63) is 120 Å². The second-order valence-corrected chi connectivity index (χ2v) is 11.8. The molecule has 3 heterocycles. The SMILES string of the molecule is O=C1NC(=S)S/C1=C\c1cc(CCc2ccccc2)cs1.O=Cc1cc(CCc2ccccc2)cs1. The van der Waals surface area contributed by atoms with Gasteiger partial charge in [-0.3, -0.25) is 9.59 Å². The third-order valence-corrected chi connectivity index (χ3v) is 8.47. The van der Waals surface area contributed by atoms with Crippen LogP contribution < -0.4 is 5.32 Å². The molecule has 1 amide bonds. The van der Waals surface area contributed by atoms with Crippen molar-refractivity contribution in [2.75, 3.05) is 0 Å². The van der Waals surface area contributed by atoms with Gasteiger partial charge in [0.1, 0.15) is 4.32 Å². The lowest BCUT2D eigenvalue weighted by Gasteiger charge is -1.98. The first-order valence-corrected chi connectivity index (χ1v) is 14.5. The van der Waals surface area contributed by atoms with E-state index in [0.29, 0.717) is 9.23 Å². The van der Waals surface area contributed by atoms with Crippen LogP contribution in [0.15, 0.2) is 88.5 Å². The number of aldehydes is 1. The zero-order chi connectivity index (χ0) is 25.2. The molecular weight excluding hydrogens is 523 g/mol. The largest absolute Gasteiger partial charge is 0.307 e. The van der Waals surface area contributed by atoms with E-state index in [-0.39, 0.29) is 5.91 Å². The minimum atomic E-state index is -0.0933. The zero-order valence-corrected chi connectivity index (χ0v) is 22.8. The van der Waals surface area contributed by atoms with Crippen molar-refractivity contribution in [1.82, 2.24) is 5.32 Å². The summed E-state index contributed by atoms with van der Waals surface area (Å²) < 4.78 is 0.534. The van der Waals surface area contributed by atoms with Crippen molar-refractivity contribution in [1.29, 1.82) is 0 Å². The molecule has 4 aromatic rings. The summed E-state index contributed by atoms with van der Waals surface area (Å²) in [5, 5.41) is 6.85. The highest BCUT2D eigenvalue weighted by molar-refractivity contribution is 8.26. The summed E-state index contributed by atoms with van der Waals surface area (Å²) in [5.41, 5.74) is 5.25. The van der Waals surface area contributed by atoms with E-state index in [1.165, 1.54) is 45.4 Å². The second-order valence-electron chi connectivity index (χ2n) is 8.16. The van der Waals surface area contributed by atoms with Crippen LogP contribution in [0.25, 0.3) is 6.08 Å². The molecule has 0 spiro atoms. The van der Waals surface area contributed by atoms with E-state index in [9.17, 15) is 9.59 Å². The number of benzene rings is 2. The topological polar surface area (TPSA) is 46.2 Å². The Morgan fingerprint density at radius 3 is 1.69 bits per heavy atom. The van der Waals surface area contributed by atoms with Crippen molar-refractivity contribution in [3.8, 4) is 0 Å². The molecule has 3 nitrogen and oxygen atoms in total. The molecule has 1 saturated heterocycles. The summed E-state index contributed by atoms with van der Waals surface area (Å²) in [7, 11) is 0. The fraction of sp³-hybridized carbons (Fsp3) is 0.138. The molecule has 2 aromatic heterocycles. The summed E-state index contributed by atoms with van der Waals surface area (Å²) in [4.78, 5) is 24.7. The van der Waals surface area contributed by atoms with E-state index in [0.717, 1.165) is 41.7 Å². The molecule has 5 rings (SSSR count). The fourth-order valence-electron chi connectivity index (χ4n) is 3.61. The number of nitrogens with one attached hydrogen (secondary N) is 1. The van der Waals surface area contributed by atoms with Crippen LogP contribution in [0.3, 0.4) is 0 Å². The average molecular weight is 548 g/mol. The number of thioether (sulfide) groups is 1. The Hall–Kier alpha value is -2.84. The molecule has 0 saturated carbocycles. The maximum Gasteiger partial charge on any atom is 0.263 e. The number of carbonyl (C=O) groups excluding carboxylic acids is 2. The Balaban J connectivity index is 0.000000179. The summed E-state index contributed by atoms with van der Waals surface area (Å²) in [6, 6.07) is 25.0. The van der Waals surface area contributed by atoms with E-state index in [2.05, 4.69) is 70.7 Å². The minimum absolute atomic E-state index is 0.0933. The predicted octanol–water partition coefficient (Wildman–Crippen LogP) is 7.37. The lowest BCUT2D eigenvalue weighted by Crippen LogP contribution is -2.17. The van der Waals surface area contributed by atoms with Gasteiger partial charge >= 0.3 is 0 Å². The highest BCUT2D eigenvalue weighted by Crippen LogP contribution is 2.28. The number of thiophene rings is 2. The normalized spacial score (nSPS) is 13.8. The number of amides is 1. The molecule has 7 heteroatoms. The van der Waals surface area contributed by atoms with Gasteiger partial charge in [-0.05, 0) is 76.9 Å². The number of hydrogen-bond donors (Lipinski definition) is 1. The van der Waals surface area contributed by atoms with Crippen LogP contribution in [0.2, 0.25) is 0 Å². The van der Waals surface area contributed by atoms with Gasteiger partial charge in [0, 0.05) is 4.88 Å². The molecule has 0 bridgehead atoms. The Morgan fingerprint density at radius 2 is 1.22 bits per heavy atom. The molecule has 1 aliphatic heterocycles. The third kappa shape index (κ3) is 8.10. The van der Waals surface area contributed by atoms with Crippen molar-refractivity contribution >= 4 is 69.2 Å². The van der Waals surface area contributed by atoms with Crippen LogP contribution in [-0.2, 0) is 30.5 Å². The Kier molecular flexibility index (Phi) is 9.81. The molecule has 0 radical (unpaired) electrons. The molecule has 0 aliphatic carbocycles. The van der Waals surface area contributed by atoms with Crippen molar-refractivity contribution in [3.63, 3.8) is 0 Å². The van der Waals surface area contributed by atoms with Gasteiger partial charge in [0.2, 0.25) is 0 Å². The minimum Gasteiger partial charge on any atom is -0.307 e. The summed E-state index contributed by atoms with van der Waals surface area (Å²) >= 11 is 9.49. The van der Waals surface area contributed by atoms with Gasteiger partial charge in [0.15, 0.2) is 6.29 Å². The standard InChI is InChI=1S/C16H13NOS3.C13H12OS/c18-15-14(21-16(19)17-15)9-13-8-12(10-20-13)7-6-11-4-2-1-3-5-11;14-9-13-8-12(10-15-13)7-6-11-4-2-1-3-5-11/h1-5,8-10H,6-7H2,(H,17,18,19);1-5,8-10H,6-7H2/b14-9-;. The highest BCUT2D eigenvalue weighted by atomic mass is 32.2. The van der Waals surface area contributed by atoms with Gasteiger partial charge in [0.05, 0.1) is 9.78 Å². The lowest BCUT2D eigenvalue weighted by atomic mass is 10.1. The molecule has 1 aliphatic rings. The average Bonchev–Trinajstić information content (AvgIpc) is 3.64. The first-order chi connectivity index (χ1) is 17.6. The van der Waals surface area contributed by atoms with E-state index in [1.807, 2.05) is 24.3 Å². The molecule has 2 aromatic carbocycles. The van der Waals surface area contributed by atoms with Crippen molar-refractivity contribution in [2.24, 2.45) is 0 Å².